The number of nitrogens with zero attached hydrogens (tertiary/aromatic N) is 1. The molecule has 1 heterocycles. The van der Waals surface area contributed by atoms with Gasteiger partial charge in [0.05, 0.1) is 11.4 Å². The van der Waals surface area contributed by atoms with Gasteiger partial charge in [-0.2, -0.15) is 0 Å². The van der Waals surface area contributed by atoms with Gasteiger partial charge in [0.15, 0.2) is 0 Å². The van der Waals surface area contributed by atoms with E-state index in [9.17, 15) is 0 Å². The van der Waals surface area contributed by atoms with Crippen molar-refractivity contribution in [2.75, 3.05) is 0 Å². The first kappa shape index (κ1) is 15.7. The fourth-order valence-electron chi connectivity index (χ4n) is 2.91. The van der Waals surface area contributed by atoms with E-state index in [0.29, 0.717) is 0 Å². The van der Waals surface area contributed by atoms with Crippen molar-refractivity contribution in [2.24, 2.45) is 0 Å². The number of nitrogens with one attached hydrogen (secondary N) is 1. The molecule has 2 nitrogen and oxygen atoms in total. The highest BCUT2D eigenvalue weighted by molar-refractivity contribution is 6.22. The standard InChI is InChI=1S/C22H17ClN2/c23-19(16-10-4-1-5-11-16)22-24-20(17-12-6-2-7-13-17)21(25-22)18-14-8-3-9-15-18/h1-15,19H,(H,24,25). The quantitative estimate of drug-likeness (QED) is 0.447. The first-order chi connectivity index (χ1) is 12.3. The minimum Gasteiger partial charge on any atom is -0.340 e. The van der Waals surface area contributed by atoms with Gasteiger partial charge in [-0.3, -0.25) is 0 Å². The Morgan fingerprint density at radius 1 is 0.680 bits per heavy atom. The summed E-state index contributed by atoms with van der Waals surface area (Å²) in [4.78, 5) is 8.30. The van der Waals surface area contributed by atoms with E-state index in [1.165, 1.54) is 0 Å². The molecule has 1 atom stereocenters. The van der Waals surface area contributed by atoms with Crippen molar-refractivity contribution in [1.82, 2.24) is 9.97 Å². The highest BCUT2D eigenvalue weighted by Crippen LogP contribution is 2.34. The lowest BCUT2D eigenvalue weighted by Gasteiger charge is -2.06. The largest absolute Gasteiger partial charge is 0.340 e. The number of rotatable bonds is 4. The third-order valence-corrected chi connectivity index (χ3v) is 4.62. The molecule has 0 aliphatic rings. The van der Waals surface area contributed by atoms with Crippen LogP contribution in [0.25, 0.3) is 22.5 Å². The normalized spacial score (nSPS) is 12.0. The SMILES string of the molecule is ClC(c1ccccc1)c1nc(-c2ccccc2)c(-c2ccccc2)[nH]1. The van der Waals surface area contributed by atoms with Crippen LogP contribution in [0.15, 0.2) is 91.0 Å². The molecule has 3 aromatic carbocycles. The van der Waals surface area contributed by atoms with E-state index in [2.05, 4.69) is 29.2 Å². The van der Waals surface area contributed by atoms with E-state index < -0.39 is 0 Å². The highest BCUT2D eigenvalue weighted by Gasteiger charge is 2.19. The molecule has 3 heteroatoms. The Bertz CT molecular complexity index is 890. The van der Waals surface area contributed by atoms with Crippen LogP contribution in [0.3, 0.4) is 0 Å². The molecule has 4 aromatic rings. The minimum absolute atomic E-state index is 0.318. The van der Waals surface area contributed by atoms with Gasteiger partial charge in [-0.25, -0.2) is 4.98 Å². The number of halogens is 1. The Morgan fingerprint density at radius 2 is 1.20 bits per heavy atom. The molecule has 0 bridgehead atoms. The Balaban J connectivity index is 1.84. The van der Waals surface area contributed by atoms with Crippen LogP contribution in [-0.2, 0) is 0 Å². The van der Waals surface area contributed by atoms with Gasteiger partial charge in [-0.15, -0.1) is 11.6 Å². The second kappa shape index (κ2) is 6.96. The molecule has 1 aromatic heterocycles. The van der Waals surface area contributed by atoms with E-state index >= 15 is 0 Å². The number of aromatic nitrogens is 2. The Labute approximate surface area is 152 Å². The van der Waals surface area contributed by atoms with Crippen LogP contribution in [0, 0.1) is 0 Å². The van der Waals surface area contributed by atoms with E-state index in [4.69, 9.17) is 16.6 Å². The summed E-state index contributed by atoms with van der Waals surface area (Å²) in [7, 11) is 0. The van der Waals surface area contributed by atoms with Crippen molar-refractivity contribution in [3.8, 4) is 22.5 Å². The second-order valence-corrected chi connectivity index (χ2v) is 6.29. The first-order valence-corrected chi connectivity index (χ1v) is 8.66. The average Bonchev–Trinajstić information content (AvgIpc) is 3.15. The van der Waals surface area contributed by atoms with Crippen molar-refractivity contribution >= 4 is 11.6 Å². The molecule has 1 N–H and O–H groups in total. The first-order valence-electron chi connectivity index (χ1n) is 8.22. The van der Waals surface area contributed by atoms with Gasteiger partial charge in [-0.1, -0.05) is 91.0 Å². The zero-order valence-corrected chi connectivity index (χ0v) is 14.3. The number of alkyl halides is 1. The number of aromatic amines is 1. The molecule has 0 amide bonds. The third-order valence-electron chi connectivity index (χ3n) is 4.16. The molecule has 0 fully saturated rings. The predicted octanol–water partition coefficient (Wildman–Crippen LogP) is 6.07. The maximum absolute atomic E-state index is 6.70. The average molecular weight is 345 g/mol. The van der Waals surface area contributed by atoms with Crippen molar-refractivity contribution in [1.29, 1.82) is 0 Å². The topological polar surface area (TPSA) is 28.7 Å². The maximum atomic E-state index is 6.70. The number of hydrogen-bond donors (Lipinski definition) is 1. The Kier molecular flexibility index (Phi) is 4.36. The lowest BCUT2D eigenvalue weighted by atomic mass is 10.1. The van der Waals surface area contributed by atoms with Gasteiger partial charge in [0.1, 0.15) is 11.2 Å². The molecule has 1 unspecified atom stereocenters. The zero-order chi connectivity index (χ0) is 17.1. The van der Waals surface area contributed by atoms with E-state index in [1.807, 2.05) is 66.7 Å². The van der Waals surface area contributed by atoms with Gasteiger partial charge in [-0.05, 0) is 5.56 Å². The van der Waals surface area contributed by atoms with E-state index in [1.54, 1.807) is 0 Å². The summed E-state index contributed by atoms with van der Waals surface area (Å²) in [6.45, 7) is 0. The molecule has 0 spiro atoms. The summed E-state index contributed by atoms with van der Waals surface area (Å²) in [5.74, 6) is 0.755. The Hall–Kier alpha value is -2.84. The van der Waals surface area contributed by atoms with Gasteiger partial charge < -0.3 is 4.98 Å². The zero-order valence-electron chi connectivity index (χ0n) is 13.6. The smallest absolute Gasteiger partial charge is 0.129 e. The number of H-pyrrole nitrogens is 1. The summed E-state index contributed by atoms with van der Waals surface area (Å²) < 4.78 is 0. The second-order valence-electron chi connectivity index (χ2n) is 5.85. The number of imidazole rings is 1. The molecule has 0 aliphatic heterocycles. The number of hydrogen-bond acceptors (Lipinski definition) is 1. The third kappa shape index (κ3) is 3.21. The van der Waals surface area contributed by atoms with Crippen molar-refractivity contribution in [3.63, 3.8) is 0 Å². The molecular weight excluding hydrogens is 328 g/mol. The minimum atomic E-state index is -0.318. The molecule has 4 rings (SSSR count). The van der Waals surface area contributed by atoms with Crippen LogP contribution < -0.4 is 0 Å². The van der Waals surface area contributed by atoms with Crippen LogP contribution in [0.1, 0.15) is 16.8 Å². The molecule has 0 saturated heterocycles. The fraction of sp³-hybridized carbons (Fsp3) is 0.0455. The maximum Gasteiger partial charge on any atom is 0.129 e. The Morgan fingerprint density at radius 3 is 1.80 bits per heavy atom. The molecule has 25 heavy (non-hydrogen) atoms. The van der Waals surface area contributed by atoms with E-state index in [-0.39, 0.29) is 5.38 Å². The van der Waals surface area contributed by atoms with Crippen LogP contribution >= 0.6 is 11.6 Å². The molecule has 0 saturated carbocycles. The summed E-state index contributed by atoms with van der Waals surface area (Å²) in [6.07, 6.45) is 0. The van der Waals surface area contributed by atoms with Crippen molar-refractivity contribution in [2.45, 2.75) is 5.38 Å². The molecule has 122 valence electrons. The fourth-order valence-corrected chi connectivity index (χ4v) is 3.16. The van der Waals surface area contributed by atoms with Crippen LogP contribution in [0.4, 0.5) is 0 Å². The highest BCUT2D eigenvalue weighted by atomic mass is 35.5. The van der Waals surface area contributed by atoms with Crippen molar-refractivity contribution < 1.29 is 0 Å². The summed E-state index contributed by atoms with van der Waals surface area (Å²) >= 11 is 6.70. The molecule has 0 aliphatic carbocycles. The predicted molar refractivity (Wildman–Crippen MR) is 104 cm³/mol. The summed E-state index contributed by atoms with van der Waals surface area (Å²) in [5, 5.41) is -0.318. The lowest BCUT2D eigenvalue weighted by Crippen LogP contribution is -1.95. The summed E-state index contributed by atoms with van der Waals surface area (Å²) in [6, 6.07) is 30.4. The van der Waals surface area contributed by atoms with Gasteiger partial charge in [0, 0.05) is 11.1 Å². The van der Waals surface area contributed by atoms with Gasteiger partial charge >= 0.3 is 0 Å². The molecule has 0 radical (unpaired) electrons. The number of benzene rings is 3. The monoisotopic (exact) mass is 344 g/mol. The summed E-state index contributed by atoms with van der Waals surface area (Å²) in [5.41, 5.74) is 5.10. The molecular formula is C22H17ClN2. The van der Waals surface area contributed by atoms with Gasteiger partial charge in [0.25, 0.3) is 0 Å². The van der Waals surface area contributed by atoms with Crippen molar-refractivity contribution in [3.05, 3.63) is 102 Å². The van der Waals surface area contributed by atoms with Crippen LogP contribution in [0.2, 0.25) is 0 Å². The van der Waals surface area contributed by atoms with E-state index in [0.717, 1.165) is 33.9 Å². The lowest BCUT2D eigenvalue weighted by molar-refractivity contribution is 0.995. The van der Waals surface area contributed by atoms with Crippen LogP contribution in [-0.4, -0.2) is 9.97 Å². The van der Waals surface area contributed by atoms with Crippen LogP contribution in [0.5, 0.6) is 0 Å². The van der Waals surface area contributed by atoms with Gasteiger partial charge in [0.2, 0.25) is 0 Å².